The summed E-state index contributed by atoms with van der Waals surface area (Å²) >= 11 is 0. The molecule has 1 aromatic rings. The van der Waals surface area contributed by atoms with E-state index in [4.69, 9.17) is 0 Å². The van der Waals surface area contributed by atoms with Gasteiger partial charge in [0.2, 0.25) is 0 Å². The molecule has 1 aromatic heterocycles. The van der Waals surface area contributed by atoms with E-state index in [1.165, 1.54) is 29.7 Å². The number of hydrogen-bond donors (Lipinski definition) is 0. The summed E-state index contributed by atoms with van der Waals surface area (Å²) in [5, 5.41) is 0. The van der Waals surface area contributed by atoms with E-state index >= 15 is 0 Å². The molecule has 0 N–H and O–H groups in total. The molecule has 1 rings (SSSR count). The Hall–Kier alpha value is -0.633. The quantitative estimate of drug-likeness (QED) is 0.671. The van der Waals surface area contributed by atoms with Gasteiger partial charge in [0.25, 0.3) is 0 Å². The van der Waals surface area contributed by atoms with E-state index in [-0.39, 0.29) is 0 Å². The Morgan fingerprint density at radius 2 is 1.50 bits per heavy atom. The number of pyridine rings is 1. The molecule has 0 saturated heterocycles. The minimum atomic E-state index is -0.986. The van der Waals surface area contributed by atoms with E-state index in [1.807, 2.05) is 12.4 Å². The predicted octanol–water partition coefficient (Wildman–Crippen LogP) is 3.67. The van der Waals surface area contributed by atoms with Gasteiger partial charge in [0.05, 0.1) is 8.07 Å². The van der Waals surface area contributed by atoms with Crippen molar-refractivity contribution in [2.75, 3.05) is 0 Å². The molecule has 0 aliphatic rings. The van der Waals surface area contributed by atoms with Crippen molar-refractivity contribution >= 4 is 8.07 Å². The molecule has 0 radical (unpaired) electrons. The molecule has 2 heteroatoms. The van der Waals surface area contributed by atoms with Gasteiger partial charge in [-0.2, -0.15) is 0 Å². The molecule has 78 valence electrons. The summed E-state index contributed by atoms with van der Waals surface area (Å²) < 4.78 is 0. The maximum atomic E-state index is 4.07. The van der Waals surface area contributed by atoms with Gasteiger partial charge in [-0.05, 0) is 23.7 Å². The van der Waals surface area contributed by atoms with Crippen molar-refractivity contribution < 1.29 is 0 Å². The van der Waals surface area contributed by atoms with Crippen LogP contribution in [0.15, 0.2) is 24.5 Å². The van der Waals surface area contributed by atoms with Crippen LogP contribution in [0.3, 0.4) is 0 Å². The first-order valence-corrected chi connectivity index (χ1v) is 8.48. The highest BCUT2D eigenvalue weighted by Gasteiger charge is 2.26. The predicted molar refractivity (Wildman–Crippen MR) is 65.1 cm³/mol. The van der Waals surface area contributed by atoms with Gasteiger partial charge in [-0.1, -0.05) is 38.9 Å². The van der Waals surface area contributed by atoms with Gasteiger partial charge < -0.3 is 0 Å². The second-order valence-electron chi connectivity index (χ2n) is 4.09. The van der Waals surface area contributed by atoms with Crippen molar-refractivity contribution in [1.82, 2.24) is 4.98 Å². The summed E-state index contributed by atoms with van der Waals surface area (Å²) in [4.78, 5) is 4.07. The Balaban J connectivity index is 2.74. The number of rotatable bonds is 5. The zero-order chi connectivity index (χ0) is 10.4. The van der Waals surface area contributed by atoms with Gasteiger partial charge in [-0.3, -0.25) is 4.98 Å². The first-order chi connectivity index (χ1) is 6.76. The molecule has 0 atom stereocenters. The molecule has 1 heterocycles. The third-order valence-electron chi connectivity index (χ3n) is 3.58. The molecular formula is C12H21NSi. The summed E-state index contributed by atoms with van der Waals surface area (Å²) in [6.45, 7) is 7.08. The third-order valence-corrected chi connectivity index (χ3v) is 9.24. The first kappa shape index (κ1) is 11.4. The average Bonchev–Trinajstić information content (AvgIpc) is 2.28. The van der Waals surface area contributed by atoms with Crippen LogP contribution in [0.5, 0.6) is 0 Å². The van der Waals surface area contributed by atoms with Crippen molar-refractivity contribution in [3.8, 4) is 0 Å². The Bertz CT molecular complexity index is 246. The molecule has 0 fully saturated rings. The molecular weight excluding hydrogens is 186 g/mol. The van der Waals surface area contributed by atoms with Crippen LogP contribution in [0, 0.1) is 0 Å². The van der Waals surface area contributed by atoms with Crippen LogP contribution in [0.2, 0.25) is 18.1 Å². The maximum absolute atomic E-state index is 4.07. The maximum Gasteiger partial charge on any atom is 0.0571 e. The molecule has 0 bridgehead atoms. The van der Waals surface area contributed by atoms with Gasteiger partial charge >= 0.3 is 0 Å². The van der Waals surface area contributed by atoms with Crippen molar-refractivity contribution in [2.45, 2.75) is 44.9 Å². The van der Waals surface area contributed by atoms with E-state index in [2.05, 4.69) is 37.9 Å². The van der Waals surface area contributed by atoms with E-state index < -0.39 is 8.07 Å². The molecule has 0 saturated carbocycles. The molecule has 0 spiro atoms. The van der Waals surface area contributed by atoms with Gasteiger partial charge in [-0.15, -0.1) is 0 Å². The van der Waals surface area contributed by atoms with Crippen LogP contribution in [-0.2, 0) is 6.04 Å². The summed E-state index contributed by atoms with van der Waals surface area (Å²) in [5.74, 6) is 0. The third kappa shape index (κ3) is 2.68. The SMILES string of the molecule is CC[Si](CC)(CC)Cc1ccncc1. The van der Waals surface area contributed by atoms with Crippen molar-refractivity contribution in [3.63, 3.8) is 0 Å². The van der Waals surface area contributed by atoms with E-state index in [9.17, 15) is 0 Å². The zero-order valence-corrected chi connectivity index (χ0v) is 10.6. The smallest absolute Gasteiger partial charge is 0.0571 e. The van der Waals surface area contributed by atoms with Crippen molar-refractivity contribution in [1.29, 1.82) is 0 Å². The molecule has 0 aliphatic carbocycles. The second-order valence-corrected chi connectivity index (χ2v) is 9.57. The Labute approximate surface area is 88.6 Å². The topological polar surface area (TPSA) is 12.9 Å². The normalized spacial score (nSPS) is 11.6. The molecule has 0 aliphatic heterocycles. The minimum Gasteiger partial charge on any atom is -0.265 e. The first-order valence-electron chi connectivity index (χ1n) is 5.65. The minimum absolute atomic E-state index is 0.986. The van der Waals surface area contributed by atoms with Gasteiger partial charge in [0.15, 0.2) is 0 Å². The summed E-state index contributed by atoms with van der Waals surface area (Å²) in [5.41, 5.74) is 1.48. The molecule has 14 heavy (non-hydrogen) atoms. The van der Waals surface area contributed by atoms with Crippen LogP contribution >= 0.6 is 0 Å². The van der Waals surface area contributed by atoms with Crippen LogP contribution in [0.25, 0.3) is 0 Å². The van der Waals surface area contributed by atoms with E-state index in [0.29, 0.717) is 0 Å². The summed E-state index contributed by atoms with van der Waals surface area (Å²) in [6, 6.07) is 9.89. The highest BCUT2D eigenvalue weighted by molar-refractivity contribution is 6.79. The van der Waals surface area contributed by atoms with Crippen LogP contribution < -0.4 is 0 Å². The fourth-order valence-corrected chi connectivity index (χ4v) is 5.41. The van der Waals surface area contributed by atoms with E-state index in [1.54, 1.807) is 0 Å². The van der Waals surface area contributed by atoms with Crippen molar-refractivity contribution in [3.05, 3.63) is 30.1 Å². The fraction of sp³-hybridized carbons (Fsp3) is 0.583. The standard InChI is InChI=1S/C12H21NSi/c1-4-14(5-2,6-3)11-12-7-9-13-10-8-12/h7-10H,4-6,11H2,1-3H3. The molecule has 0 amide bonds. The summed E-state index contributed by atoms with van der Waals surface area (Å²) in [6.07, 6.45) is 3.82. The van der Waals surface area contributed by atoms with Gasteiger partial charge in [0, 0.05) is 12.4 Å². The number of hydrogen-bond acceptors (Lipinski definition) is 1. The fourth-order valence-electron chi connectivity index (χ4n) is 2.06. The number of nitrogens with zero attached hydrogens (tertiary/aromatic N) is 1. The lowest BCUT2D eigenvalue weighted by Crippen LogP contribution is -2.34. The van der Waals surface area contributed by atoms with Gasteiger partial charge in [-0.25, -0.2) is 0 Å². The lowest BCUT2D eigenvalue weighted by atomic mass is 10.3. The zero-order valence-electron chi connectivity index (χ0n) is 9.59. The second kappa shape index (κ2) is 5.30. The highest BCUT2D eigenvalue weighted by atomic mass is 28.3. The van der Waals surface area contributed by atoms with Gasteiger partial charge in [0.1, 0.15) is 0 Å². The summed E-state index contributed by atoms with van der Waals surface area (Å²) in [7, 11) is -0.986. The lowest BCUT2D eigenvalue weighted by Gasteiger charge is -2.28. The molecule has 0 aromatic carbocycles. The van der Waals surface area contributed by atoms with Crippen molar-refractivity contribution in [2.24, 2.45) is 0 Å². The highest BCUT2D eigenvalue weighted by Crippen LogP contribution is 2.24. The van der Waals surface area contributed by atoms with E-state index in [0.717, 1.165) is 0 Å². The van der Waals surface area contributed by atoms with Crippen LogP contribution in [-0.4, -0.2) is 13.1 Å². The Morgan fingerprint density at radius 3 is 1.93 bits per heavy atom. The largest absolute Gasteiger partial charge is 0.265 e. The Morgan fingerprint density at radius 1 is 1.00 bits per heavy atom. The monoisotopic (exact) mass is 207 g/mol. The molecule has 0 unspecified atom stereocenters. The average molecular weight is 207 g/mol. The Kier molecular flexibility index (Phi) is 4.33. The molecule has 1 nitrogen and oxygen atoms in total. The van der Waals surface area contributed by atoms with Crippen LogP contribution in [0.1, 0.15) is 26.3 Å². The lowest BCUT2D eigenvalue weighted by molar-refractivity contribution is 1.09. The number of aromatic nitrogens is 1. The van der Waals surface area contributed by atoms with Crippen LogP contribution in [0.4, 0.5) is 0 Å².